The Morgan fingerprint density at radius 3 is 2.70 bits per heavy atom. The standard InChI is InChI=1S/C19H23N5O2S/c1-5-24-18(16-9-7-6-8-13(16)2)20-21-19(24)27-12-17(25)23(4)11-15-10-14(3)26-22-15/h6-10H,5,11-12H2,1-4H3. The molecule has 0 atom stereocenters. The monoisotopic (exact) mass is 385 g/mol. The predicted octanol–water partition coefficient (Wildman–Crippen LogP) is 3.32. The summed E-state index contributed by atoms with van der Waals surface area (Å²) >= 11 is 1.40. The van der Waals surface area contributed by atoms with Crippen molar-refractivity contribution in [3.05, 3.63) is 47.3 Å². The minimum Gasteiger partial charge on any atom is -0.361 e. The summed E-state index contributed by atoms with van der Waals surface area (Å²) in [6, 6.07) is 9.93. The van der Waals surface area contributed by atoms with Gasteiger partial charge in [0.25, 0.3) is 0 Å². The Bertz CT molecular complexity index is 934. The van der Waals surface area contributed by atoms with E-state index in [2.05, 4.69) is 35.3 Å². The highest BCUT2D eigenvalue weighted by Gasteiger charge is 2.17. The van der Waals surface area contributed by atoms with Gasteiger partial charge in [0.1, 0.15) is 11.5 Å². The molecule has 0 saturated carbocycles. The molecule has 1 amide bonds. The number of benzene rings is 1. The van der Waals surface area contributed by atoms with Crippen molar-refractivity contribution in [1.82, 2.24) is 24.8 Å². The zero-order valence-electron chi connectivity index (χ0n) is 16.0. The second-order valence-corrected chi connectivity index (χ2v) is 7.28. The fourth-order valence-corrected chi connectivity index (χ4v) is 3.71. The number of amides is 1. The van der Waals surface area contributed by atoms with Crippen molar-refractivity contribution in [3.8, 4) is 11.4 Å². The Morgan fingerprint density at radius 1 is 1.26 bits per heavy atom. The minimum absolute atomic E-state index is 0.00347. The fraction of sp³-hybridized carbons (Fsp3) is 0.368. The van der Waals surface area contributed by atoms with Crippen molar-refractivity contribution >= 4 is 17.7 Å². The number of hydrogen-bond acceptors (Lipinski definition) is 6. The van der Waals surface area contributed by atoms with E-state index in [1.807, 2.05) is 35.8 Å². The number of hydrogen-bond donors (Lipinski definition) is 0. The summed E-state index contributed by atoms with van der Waals surface area (Å²) in [6.45, 7) is 7.10. The first-order chi connectivity index (χ1) is 13.0. The molecule has 0 radical (unpaired) electrons. The molecule has 3 rings (SSSR count). The van der Waals surface area contributed by atoms with Crippen molar-refractivity contribution in [2.24, 2.45) is 0 Å². The molecule has 0 N–H and O–H groups in total. The molecule has 8 heteroatoms. The third-order valence-corrected chi connectivity index (χ3v) is 5.20. The van der Waals surface area contributed by atoms with Crippen LogP contribution < -0.4 is 0 Å². The normalized spacial score (nSPS) is 11.0. The number of aromatic nitrogens is 4. The van der Waals surface area contributed by atoms with Crippen molar-refractivity contribution in [2.45, 2.75) is 39.0 Å². The SMILES string of the molecule is CCn1c(SCC(=O)N(C)Cc2cc(C)on2)nnc1-c1ccccc1C. The van der Waals surface area contributed by atoms with Crippen molar-refractivity contribution in [1.29, 1.82) is 0 Å². The van der Waals surface area contributed by atoms with Crippen LogP contribution in [0.3, 0.4) is 0 Å². The molecule has 7 nitrogen and oxygen atoms in total. The molecule has 2 heterocycles. The smallest absolute Gasteiger partial charge is 0.233 e. The highest BCUT2D eigenvalue weighted by Crippen LogP contribution is 2.26. The lowest BCUT2D eigenvalue weighted by molar-refractivity contribution is -0.127. The third kappa shape index (κ3) is 4.39. The summed E-state index contributed by atoms with van der Waals surface area (Å²) in [4.78, 5) is 14.1. The van der Waals surface area contributed by atoms with Gasteiger partial charge < -0.3 is 14.0 Å². The first-order valence-corrected chi connectivity index (χ1v) is 9.76. The van der Waals surface area contributed by atoms with E-state index >= 15 is 0 Å². The van der Waals surface area contributed by atoms with Crippen molar-refractivity contribution < 1.29 is 9.32 Å². The van der Waals surface area contributed by atoms with Crippen LogP contribution in [0.1, 0.15) is 23.9 Å². The van der Waals surface area contributed by atoms with Gasteiger partial charge in [-0.15, -0.1) is 10.2 Å². The second-order valence-electron chi connectivity index (χ2n) is 6.33. The van der Waals surface area contributed by atoms with Crippen LogP contribution in [0.2, 0.25) is 0 Å². The lowest BCUT2D eigenvalue weighted by Gasteiger charge is -2.15. The molecule has 0 aliphatic rings. The van der Waals surface area contributed by atoms with E-state index in [0.717, 1.165) is 40.1 Å². The maximum Gasteiger partial charge on any atom is 0.233 e. The molecule has 3 aromatic rings. The van der Waals surface area contributed by atoms with Crippen LogP contribution in [-0.2, 0) is 17.9 Å². The predicted molar refractivity (Wildman–Crippen MR) is 104 cm³/mol. The van der Waals surface area contributed by atoms with Crippen molar-refractivity contribution in [2.75, 3.05) is 12.8 Å². The van der Waals surface area contributed by atoms with Gasteiger partial charge in [-0.05, 0) is 26.3 Å². The molecule has 27 heavy (non-hydrogen) atoms. The summed E-state index contributed by atoms with van der Waals surface area (Å²) in [6.07, 6.45) is 0. The van der Waals surface area contributed by atoms with Gasteiger partial charge >= 0.3 is 0 Å². The van der Waals surface area contributed by atoms with Gasteiger partial charge in [-0.3, -0.25) is 4.79 Å². The molecule has 142 valence electrons. The van der Waals surface area contributed by atoms with Crippen LogP contribution >= 0.6 is 11.8 Å². The zero-order chi connectivity index (χ0) is 19.4. The summed E-state index contributed by atoms with van der Waals surface area (Å²) < 4.78 is 7.09. The number of nitrogens with zero attached hydrogens (tertiary/aromatic N) is 5. The Hall–Kier alpha value is -2.61. The molecular formula is C19H23N5O2S. The highest BCUT2D eigenvalue weighted by molar-refractivity contribution is 7.99. The number of thioether (sulfide) groups is 1. The Labute approximate surface area is 162 Å². The molecule has 0 aliphatic heterocycles. The molecule has 0 spiro atoms. The highest BCUT2D eigenvalue weighted by atomic mass is 32.2. The lowest BCUT2D eigenvalue weighted by Crippen LogP contribution is -2.28. The first kappa shape index (κ1) is 19.2. The van der Waals surface area contributed by atoms with Gasteiger partial charge in [0, 0.05) is 25.2 Å². The van der Waals surface area contributed by atoms with Gasteiger partial charge in [-0.1, -0.05) is 41.2 Å². The van der Waals surface area contributed by atoms with E-state index in [4.69, 9.17) is 4.52 Å². The molecule has 0 fully saturated rings. The Balaban J connectivity index is 1.67. The van der Waals surface area contributed by atoms with Crippen molar-refractivity contribution in [3.63, 3.8) is 0 Å². The van der Waals surface area contributed by atoms with E-state index in [9.17, 15) is 4.79 Å². The largest absolute Gasteiger partial charge is 0.361 e. The van der Waals surface area contributed by atoms with E-state index in [-0.39, 0.29) is 5.91 Å². The molecule has 1 aromatic carbocycles. The van der Waals surface area contributed by atoms with E-state index in [1.165, 1.54) is 11.8 Å². The van der Waals surface area contributed by atoms with Gasteiger partial charge in [-0.2, -0.15) is 0 Å². The second kappa shape index (κ2) is 8.39. The summed E-state index contributed by atoms with van der Waals surface area (Å²) in [5.41, 5.74) is 2.95. The molecule has 0 unspecified atom stereocenters. The van der Waals surface area contributed by atoms with Crippen LogP contribution in [0.15, 0.2) is 40.0 Å². The number of carbonyl (C=O) groups is 1. The Morgan fingerprint density at radius 2 is 2.04 bits per heavy atom. The first-order valence-electron chi connectivity index (χ1n) is 8.77. The maximum atomic E-state index is 12.4. The summed E-state index contributed by atoms with van der Waals surface area (Å²) in [5, 5.41) is 13.3. The maximum absolute atomic E-state index is 12.4. The van der Waals surface area contributed by atoms with Gasteiger partial charge in [-0.25, -0.2) is 0 Å². The van der Waals surface area contributed by atoms with E-state index in [1.54, 1.807) is 11.9 Å². The molecular weight excluding hydrogens is 362 g/mol. The van der Waals surface area contributed by atoms with E-state index in [0.29, 0.717) is 12.3 Å². The molecule has 0 bridgehead atoms. The number of aryl methyl sites for hydroxylation is 2. The number of rotatable bonds is 7. The van der Waals surface area contributed by atoms with Gasteiger partial charge in [0.15, 0.2) is 11.0 Å². The number of carbonyl (C=O) groups excluding carboxylic acids is 1. The van der Waals surface area contributed by atoms with E-state index < -0.39 is 0 Å². The minimum atomic E-state index is 0.00347. The van der Waals surface area contributed by atoms with Gasteiger partial charge in [0.05, 0.1) is 12.3 Å². The lowest BCUT2D eigenvalue weighted by atomic mass is 10.1. The molecule has 0 aliphatic carbocycles. The van der Waals surface area contributed by atoms with Crippen LogP contribution in [0.25, 0.3) is 11.4 Å². The quantitative estimate of drug-likeness (QED) is 0.581. The Kier molecular flexibility index (Phi) is 5.95. The van der Waals surface area contributed by atoms with Crippen LogP contribution in [-0.4, -0.2) is 43.5 Å². The average Bonchev–Trinajstić information content (AvgIpc) is 3.25. The molecule has 2 aromatic heterocycles. The third-order valence-electron chi connectivity index (χ3n) is 4.25. The zero-order valence-corrected chi connectivity index (χ0v) is 16.8. The van der Waals surface area contributed by atoms with Crippen LogP contribution in [0.5, 0.6) is 0 Å². The molecule has 0 saturated heterocycles. The van der Waals surface area contributed by atoms with Crippen LogP contribution in [0, 0.1) is 13.8 Å². The fourth-order valence-electron chi connectivity index (χ4n) is 2.76. The average molecular weight is 385 g/mol. The summed E-state index contributed by atoms with van der Waals surface area (Å²) in [7, 11) is 1.76. The topological polar surface area (TPSA) is 77.0 Å². The van der Waals surface area contributed by atoms with Crippen LogP contribution in [0.4, 0.5) is 0 Å². The van der Waals surface area contributed by atoms with Gasteiger partial charge in [0.2, 0.25) is 5.91 Å². The summed E-state index contributed by atoms with van der Waals surface area (Å²) in [5.74, 6) is 1.86.